The molecule has 1 fully saturated rings. The van der Waals surface area contributed by atoms with Gasteiger partial charge in [0.05, 0.1) is 18.3 Å². The molecule has 0 aromatic carbocycles. The van der Waals surface area contributed by atoms with Gasteiger partial charge in [0.1, 0.15) is 0 Å². The van der Waals surface area contributed by atoms with Gasteiger partial charge in [0.25, 0.3) is 5.91 Å². The number of hydrogen-bond acceptors (Lipinski definition) is 6. The van der Waals surface area contributed by atoms with E-state index in [2.05, 4.69) is 4.62 Å². The fourth-order valence-corrected chi connectivity index (χ4v) is 2.87. The van der Waals surface area contributed by atoms with Crippen LogP contribution in [0.25, 0.3) is 0 Å². The number of hydrogen-bond donors (Lipinski definition) is 4. The van der Waals surface area contributed by atoms with Gasteiger partial charge in [-0.05, 0) is 18.0 Å². The Balaban J connectivity index is 2.43. The number of quaternary nitrogens is 1. The van der Waals surface area contributed by atoms with Crippen LogP contribution in [0.5, 0.6) is 0 Å². The quantitative estimate of drug-likeness (QED) is 0.400. The summed E-state index contributed by atoms with van der Waals surface area (Å²) in [5, 5.41) is 11.0. The third-order valence-corrected chi connectivity index (χ3v) is 3.72. The average molecular weight is 323 g/mol. The van der Waals surface area contributed by atoms with E-state index < -0.39 is 36.7 Å². The highest BCUT2D eigenvalue weighted by atomic mass is 31.2. The molecule has 1 unspecified atom stereocenters. The van der Waals surface area contributed by atoms with Gasteiger partial charge in [0.2, 0.25) is 6.23 Å². The number of nitrogens with zero attached hydrogens (tertiary/aromatic N) is 1. The maximum absolute atomic E-state index is 12.1. The van der Waals surface area contributed by atoms with Crippen LogP contribution in [0.1, 0.15) is 19.8 Å². The largest absolute Gasteiger partial charge is 0.516 e. The first-order chi connectivity index (χ1) is 9.68. The second-order valence-corrected chi connectivity index (χ2v) is 5.97. The summed E-state index contributed by atoms with van der Waals surface area (Å²) in [6, 6.07) is -1.06. The molecule has 2 heterocycles. The number of aliphatic hydroxyl groups excluding tert-OH is 1. The molecule has 2 rings (SSSR count). The Hall–Kier alpha value is -1.13. The van der Waals surface area contributed by atoms with E-state index in [0.29, 0.717) is 6.42 Å². The molecule has 1 saturated heterocycles. The van der Waals surface area contributed by atoms with Crippen molar-refractivity contribution in [2.24, 2.45) is 0 Å². The first-order valence-corrected chi connectivity index (χ1v) is 7.68. The number of hydroxylamine groups is 3. The molecule has 0 saturated carbocycles. The van der Waals surface area contributed by atoms with Gasteiger partial charge in [-0.15, -0.1) is 0 Å². The SMILES string of the molecule is CC1=C[N+](OP(=O)(O)O)([C@H]2CC[C@@H](CO)O2)C(=O)NC1=O. The molecular weight excluding hydrogens is 307 g/mol. The van der Waals surface area contributed by atoms with Gasteiger partial charge in [-0.25, -0.2) is 14.7 Å². The van der Waals surface area contributed by atoms with E-state index in [1.807, 2.05) is 5.32 Å². The molecule has 3 amide bonds. The van der Waals surface area contributed by atoms with Gasteiger partial charge in [-0.3, -0.25) is 14.6 Å². The first-order valence-electron chi connectivity index (χ1n) is 6.15. The van der Waals surface area contributed by atoms with E-state index >= 15 is 0 Å². The van der Waals surface area contributed by atoms with Crippen LogP contribution in [0.15, 0.2) is 11.8 Å². The van der Waals surface area contributed by atoms with Crippen LogP contribution < -0.4 is 5.32 Å². The van der Waals surface area contributed by atoms with Crippen LogP contribution in [0.3, 0.4) is 0 Å². The smallest absolute Gasteiger partial charge is 0.394 e. The van der Waals surface area contributed by atoms with E-state index in [-0.39, 0.29) is 18.6 Å². The highest BCUT2D eigenvalue weighted by Gasteiger charge is 2.57. The van der Waals surface area contributed by atoms with E-state index in [1.165, 1.54) is 6.92 Å². The standard InChI is InChI=1S/C10H15N2O8P/c1-6-4-12(20-21(16,17)18,10(15)11-9(6)14)8-3-2-7(5-13)19-8/h4,7-8,13H,2-3,5H2,1H3,(H2-,11,14,15,16,17,18)/p+1/t7-,8+,12?/m0/s1. The fraction of sp³-hybridized carbons (Fsp3) is 0.600. The summed E-state index contributed by atoms with van der Waals surface area (Å²) in [6.07, 6.45) is -0.0245. The van der Waals surface area contributed by atoms with Crippen molar-refractivity contribution in [1.82, 2.24) is 5.32 Å². The van der Waals surface area contributed by atoms with E-state index in [0.717, 1.165) is 6.20 Å². The van der Waals surface area contributed by atoms with E-state index in [1.54, 1.807) is 0 Å². The molecule has 10 nitrogen and oxygen atoms in total. The molecule has 4 N–H and O–H groups in total. The normalized spacial score (nSPS) is 33.8. The zero-order valence-electron chi connectivity index (χ0n) is 11.1. The average Bonchev–Trinajstić information content (AvgIpc) is 2.83. The summed E-state index contributed by atoms with van der Waals surface area (Å²) in [7, 11) is -5.05. The first kappa shape index (κ1) is 16.2. The Morgan fingerprint density at radius 3 is 2.67 bits per heavy atom. The number of aliphatic hydroxyl groups is 1. The van der Waals surface area contributed by atoms with Gasteiger partial charge in [0, 0.05) is 6.42 Å². The van der Waals surface area contributed by atoms with Crippen LogP contribution in [0, 0.1) is 0 Å². The zero-order valence-corrected chi connectivity index (χ0v) is 12.0. The van der Waals surface area contributed by atoms with Crippen molar-refractivity contribution in [2.75, 3.05) is 6.61 Å². The molecule has 11 heteroatoms. The van der Waals surface area contributed by atoms with Crippen molar-refractivity contribution in [3.05, 3.63) is 11.8 Å². The highest BCUT2D eigenvalue weighted by Crippen LogP contribution is 2.45. The number of phosphoric acid groups is 1. The number of carbonyl (C=O) groups excluding carboxylic acids is 2. The molecule has 2 aliphatic heterocycles. The van der Waals surface area contributed by atoms with Crippen LogP contribution >= 0.6 is 7.82 Å². The fourth-order valence-electron chi connectivity index (χ4n) is 2.29. The maximum Gasteiger partial charge on any atom is 0.516 e. The second kappa shape index (κ2) is 5.58. The summed E-state index contributed by atoms with van der Waals surface area (Å²) >= 11 is 0. The summed E-state index contributed by atoms with van der Waals surface area (Å²) in [4.78, 5) is 41.7. The van der Waals surface area contributed by atoms with Crippen LogP contribution in [0.4, 0.5) is 4.79 Å². The third kappa shape index (κ3) is 3.22. The van der Waals surface area contributed by atoms with Crippen LogP contribution in [-0.2, 0) is 18.7 Å². The number of ether oxygens (including phenoxy) is 1. The van der Waals surface area contributed by atoms with E-state index in [9.17, 15) is 14.2 Å². The van der Waals surface area contributed by atoms with Crippen molar-refractivity contribution >= 4 is 19.8 Å². The van der Waals surface area contributed by atoms with Gasteiger partial charge in [-0.1, -0.05) is 4.62 Å². The topological polar surface area (TPSA) is 142 Å². The van der Waals surface area contributed by atoms with Crippen LogP contribution in [-0.4, -0.2) is 50.4 Å². The van der Waals surface area contributed by atoms with Crippen molar-refractivity contribution in [1.29, 1.82) is 0 Å². The van der Waals surface area contributed by atoms with Gasteiger partial charge < -0.3 is 9.84 Å². The predicted molar refractivity (Wildman–Crippen MR) is 65.7 cm³/mol. The van der Waals surface area contributed by atoms with E-state index in [4.69, 9.17) is 19.6 Å². The molecule has 3 atom stereocenters. The van der Waals surface area contributed by atoms with Gasteiger partial charge in [-0.2, -0.15) is 0 Å². The Morgan fingerprint density at radius 1 is 1.48 bits per heavy atom. The lowest BCUT2D eigenvalue weighted by molar-refractivity contribution is -1.01. The number of rotatable bonds is 4. The zero-order chi connectivity index (χ0) is 15.8. The molecule has 0 aromatic heterocycles. The summed E-state index contributed by atoms with van der Waals surface area (Å²) in [5.41, 5.74) is 0.0547. The molecule has 0 spiro atoms. The minimum atomic E-state index is -5.05. The third-order valence-electron chi connectivity index (χ3n) is 3.24. The second-order valence-electron chi connectivity index (χ2n) is 4.83. The lowest BCUT2D eigenvalue weighted by Gasteiger charge is -2.34. The minimum absolute atomic E-state index is 0.0547. The molecule has 0 bridgehead atoms. The number of carbonyl (C=O) groups is 2. The summed E-state index contributed by atoms with van der Waals surface area (Å²) in [5.74, 6) is -0.681. The lowest BCUT2D eigenvalue weighted by atomic mass is 10.2. The molecule has 0 aliphatic carbocycles. The van der Waals surface area contributed by atoms with Crippen molar-refractivity contribution < 1.29 is 43.1 Å². The van der Waals surface area contributed by atoms with Crippen molar-refractivity contribution in [3.63, 3.8) is 0 Å². The Morgan fingerprint density at radius 2 is 2.14 bits per heavy atom. The van der Waals surface area contributed by atoms with Crippen LogP contribution in [0.2, 0.25) is 0 Å². The Kier molecular flexibility index (Phi) is 4.31. The maximum atomic E-state index is 12.1. The molecule has 0 radical (unpaired) electrons. The molecule has 2 aliphatic rings. The number of imide groups is 1. The highest BCUT2D eigenvalue weighted by molar-refractivity contribution is 7.46. The lowest BCUT2D eigenvalue weighted by Crippen LogP contribution is -2.62. The molecule has 21 heavy (non-hydrogen) atoms. The number of urea groups is 1. The molecular formula is C10H16N2O8P+. The number of nitrogens with one attached hydrogen (secondary N) is 1. The molecule has 0 aromatic rings. The van der Waals surface area contributed by atoms with Crippen molar-refractivity contribution in [3.8, 4) is 0 Å². The Bertz CT molecular complexity index is 543. The molecule has 118 valence electrons. The van der Waals surface area contributed by atoms with Gasteiger partial charge >= 0.3 is 13.9 Å². The number of amides is 3. The Labute approximate surface area is 119 Å². The predicted octanol–water partition coefficient (Wildman–Crippen LogP) is -0.522. The monoisotopic (exact) mass is 323 g/mol. The summed E-state index contributed by atoms with van der Waals surface area (Å²) in [6.45, 7) is 1.08. The van der Waals surface area contributed by atoms with Crippen molar-refractivity contribution in [2.45, 2.75) is 32.1 Å². The minimum Gasteiger partial charge on any atom is -0.394 e. The summed E-state index contributed by atoms with van der Waals surface area (Å²) < 4.78 is 19.9. The van der Waals surface area contributed by atoms with Gasteiger partial charge in [0.15, 0.2) is 6.20 Å².